The van der Waals surface area contributed by atoms with Gasteiger partial charge in [0.25, 0.3) is 0 Å². The molecule has 0 N–H and O–H groups in total. The van der Waals surface area contributed by atoms with Gasteiger partial charge in [0.05, 0.1) is 15.8 Å². The Kier molecular flexibility index (Phi) is 7.60. The van der Waals surface area contributed by atoms with E-state index < -0.39 is 0 Å². The van der Waals surface area contributed by atoms with E-state index in [1.807, 2.05) is 30.3 Å². The van der Waals surface area contributed by atoms with Crippen molar-refractivity contribution < 1.29 is 4.42 Å². The van der Waals surface area contributed by atoms with Crippen molar-refractivity contribution in [2.24, 2.45) is 0 Å². The summed E-state index contributed by atoms with van der Waals surface area (Å²) < 4.78 is 7.74. The highest BCUT2D eigenvalue weighted by Crippen LogP contribution is 2.44. The number of para-hydroxylation sites is 1. The van der Waals surface area contributed by atoms with Crippen molar-refractivity contribution in [3.8, 4) is 67.0 Å². The van der Waals surface area contributed by atoms with Gasteiger partial charge in [-0.2, -0.15) is 0 Å². The molecule has 5 nitrogen and oxygen atoms in total. The van der Waals surface area contributed by atoms with E-state index in [9.17, 15) is 0 Å². The van der Waals surface area contributed by atoms with E-state index in [2.05, 4.69) is 152 Å². The number of hydrogen-bond acceptors (Lipinski definition) is 6. The second-order valence-corrected chi connectivity index (χ2v) is 14.9. The molecule has 0 amide bonds. The molecule has 11 aromatic rings. The number of nitrogens with zero attached hydrogens (tertiary/aromatic N) is 4. The molecule has 0 aliphatic heterocycles. The molecule has 0 saturated heterocycles. The lowest BCUT2D eigenvalue weighted by Gasteiger charge is -2.11. The summed E-state index contributed by atoms with van der Waals surface area (Å²) in [5, 5.41) is 5.22. The summed E-state index contributed by atoms with van der Waals surface area (Å²) in [6.07, 6.45) is 0. The Labute approximate surface area is 326 Å². The van der Waals surface area contributed by atoms with Crippen molar-refractivity contribution in [1.82, 2.24) is 19.9 Å². The largest absolute Gasteiger partial charge is 0.455 e. The second kappa shape index (κ2) is 13.2. The average Bonchev–Trinajstić information content (AvgIpc) is 3.87. The third kappa shape index (κ3) is 5.63. The highest BCUT2D eigenvalue weighted by molar-refractivity contribution is 7.21. The minimum atomic E-state index is 0.509. The minimum Gasteiger partial charge on any atom is -0.455 e. The van der Waals surface area contributed by atoms with Crippen molar-refractivity contribution in [1.29, 1.82) is 0 Å². The topological polar surface area (TPSA) is 64.7 Å². The molecule has 11 rings (SSSR count). The minimum absolute atomic E-state index is 0.509. The highest BCUT2D eigenvalue weighted by Gasteiger charge is 2.24. The molecular weight excluding hydrogens is 705 g/mol. The normalized spacial score (nSPS) is 11.6. The van der Waals surface area contributed by atoms with Gasteiger partial charge in [0.1, 0.15) is 16.2 Å². The van der Waals surface area contributed by atoms with Gasteiger partial charge in [0.15, 0.2) is 17.5 Å². The number of furan rings is 1. The van der Waals surface area contributed by atoms with Crippen LogP contribution in [0, 0.1) is 0 Å². The van der Waals surface area contributed by atoms with Crippen molar-refractivity contribution in [2.75, 3.05) is 0 Å². The van der Waals surface area contributed by atoms with Gasteiger partial charge in [0, 0.05) is 27.5 Å². The van der Waals surface area contributed by atoms with Crippen molar-refractivity contribution in [3.05, 3.63) is 182 Å². The molecule has 262 valence electrons. The molecule has 56 heavy (non-hydrogen) atoms. The zero-order chi connectivity index (χ0) is 37.0. The molecule has 0 bridgehead atoms. The molecule has 0 spiro atoms. The van der Waals surface area contributed by atoms with E-state index in [4.69, 9.17) is 24.4 Å². The van der Waals surface area contributed by atoms with E-state index in [-0.39, 0.29) is 0 Å². The van der Waals surface area contributed by atoms with E-state index in [0.29, 0.717) is 23.1 Å². The fourth-order valence-electron chi connectivity index (χ4n) is 7.55. The first-order chi connectivity index (χ1) is 27.7. The Bertz CT molecular complexity index is 3240. The van der Waals surface area contributed by atoms with Crippen LogP contribution >= 0.6 is 11.3 Å². The van der Waals surface area contributed by atoms with Gasteiger partial charge in [-0.05, 0) is 57.3 Å². The lowest BCUT2D eigenvalue weighted by molar-refractivity contribution is 0.670. The van der Waals surface area contributed by atoms with E-state index >= 15 is 0 Å². The predicted octanol–water partition coefficient (Wildman–Crippen LogP) is 13.5. The zero-order valence-corrected chi connectivity index (χ0v) is 30.7. The third-order valence-corrected chi connectivity index (χ3v) is 11.4. The Balaban J connectivity index is 1.15. The van der Waals surface area contributed by atoms with Gasteiger partial charge in [-0.1, -0.05) is 158 Å². The molecule has 6 heteroatoms. The first kappa shape index (κ1) is 32.2. The molecule has 0 saturated carbocycles. The van der Waals surface area contributed by atoms with E-state index in [1.165, 1.54) is 5.56 Å². The molecule has 0 atom stereocenters. The molecule has 0 fully saturated rings. The summed E-state index contributed by atoms with van der Waals surface area (Å²) in [4.78, 5) is 21.0. The van der Waals surface area contributed by atoms with Crippen LogP contribution in [0.4, 0.5) is 0 Å². The van der Waals surface area contributed by atoms with Gasteiger partial charge in [0.2, 0.25) is 0 Å². The highest BCUT2D eigenvalue weighted by atomic mass is 32.1. The number of hydrogen-bond donors (Lipinski definition) is 0. The molecule has 0 unspecified atom stereocenters. The molecule has 0 aliphatic carbocycles. The Morgan fingerprint density at radius 3 is 1.73 bits per heavy atom. The monoisotopic (exact) mass is 734 g/mol. The van der Waals surface area contributed by atoms with Crippen LogP contribution in [0.5, 0.6) is 0 Å². The lowest BCUT2D eigenvalue weighted by atomic mass is 10.0. The summed E-state index contributed by atoms with van der Waals surface area (Å²) >= 11 is 1.67. The number of fused-ring (bicyclic) bond motifs is 5. The van der Waals surface area contributed by atoms with Gasteiger partial charge >= 0.3 is 0 Å². The summed E-state index contributed by atoms with van der Waals surface area (Å²) in [6, 6.07) is 62.9. The Hall–Kier alpha value is -7.28. The first-order valence-corrected chi connectivity index (χ1v) is 19.4. The van der Waals surface area contributed by atoms with Crippen LogP contribution in [-0.4, -0.2) is 19.9 Å². The standard InChI is InChI=1S/C50H30N4OS/c1-3-12-31(13-4-1)34-22-25-35(26-23-34)50-51-45-43(56-50)30-41-40-20-9-10-21-42(40)55-46(41)44(45)49-53-47(38-19-11-18-37(28-38)32-14-5-2-6-15-32)52-48(54-49)39-27-24-33-16-7-8-17-36(33)29-39/h1-30H. The van der Waals surface area contributed by atoms with E-state index in [1.54, 1.807) is 11.3 Å². The number of thiazole rings is 1. The second-order valence-electron chi connectivity index (χ2n) is 13.9. The van der Waals surface area contributed by atoms with Crippen LogP contribution < -0.4 is 0 Å². The molecule has 3 aromatic heterocycles. The summed E-state index contributed by atoms with van der Waals surface area (Å²) in [7, 11) is 0. The maximum absolute atomic E-state index is 6.72. The fraction of sp³-hybridized carbons (Fsp3) is 0. The van der Waals surface area contributed by atoms with Crippen molar-refractivity contribution in [3.63, 3.8) is 0 Å². The maximum atomic E-state index is 6.72. The SMILES string of the molecule is c1ccc(-c2ccc(-c3nc4c(-c5nc(-c6cccc(-c7ccccc7)c6)nc(-c6ccc7ccccc7c6)n5)c5oc6ccccc6c5cc4s3)cc2)cc1. The third-order valence-electron chi connectivity index (χ3n) is 10.4. The van der Waals surface area contributed by atoms with Gasteiger partial charge in [-0.15, -0.1) is 11.3 Å². The Morgan fingerprint density at radius 1 is 0.375 bits per heavy atom. The van der Waals surface area contributed by atoms with Crippen molar-refractivity contribution >= 4 is 54.3 Å². The maximum Gasteiger partial charge on any atom is 0.170 e. The van der Waals surface area contributed by atoms with Crippen LogP contribution in [0.1, 0.15) is 0 Å². The summed E-state index contributed by atoms with van der Waals surface area (Å²) in [5.41, 5.74) is 10.4. The van der Waals surface area contributed by atoms with Crippen molar-refractivity contribution in [2.45, 2.75) is 0 Å². The number of aromatic nitrogens is 4. The molecule has 0 radical (unpaired) electrons. The zero-order valence-electron chi connectivity index (χ0n) is 29.9. The van der Waals surface area contributed by atoms with Crippen LogP contribution in [0.15, 0.2) is 186 Å². The smallest absolute Gasteiger partial charge is 0.170 e. The number of benzene rings is 8. The van der Waals surface area contributed by atoms with Crippen LogP contribution in [0.25, 0.3) is 110 Å². The van der Waals surface area contributed by atoms with Gasteiger partial charge in [-0.3, -0.25) is 0 Å². The molecule has 0 aliphatic rings. The number of rotatable bonds is 6. The Morgan fingerprint density at radius 2 is 0.946 bits per heavy atom. The summed E-state index contributed by atoms with van der Waals surface area (Å²) in [6.45, 7) is 0. The lowest BCUT2D eigenvalue weighted by Crippen LogP contribution is -2.01. The summed E-state index contributed by atoms with van der Waals surface area (Å²) in [5.74, 6) is 1.66. The van der Waals surface area contributed by atoms with Gasteiger partial charge in [-0.25, -0.2) is 19.9 Å². The van der Waals surface area contributed by atoms with Crippen LogP contribution in [-0.2, 0) is 0 Å². The molecule has 3 heterocycles. The average molecular weight is 735 g/mol. The van der Waals surface area contributed by atoms with Crippen LogP contribution in [0.2, 0.25) is 0 Å². The van der Waals surface area contributed by atoms with Gasteiger partial charge < -0.3 is 4.42 Å². The van der Waals surface area contributed by atoms with E-state index in [0.717, 1.165) is 81.3 Å². The quantitative estimate of drug-likeness (QED) is 0.170. The fourth-order valence-corrected chi connectivity index (χ4v) is 8.57. The predicted molar refractivity (Wildman–Crippen MR) is 230 cm³/mol. The first-order valence-electron chi connectivity index (χ1n) is 18.5. The van der Waals surface area contributed by atoms with Crippen LogP contribution in [0.3, 0.4) is 0 Å². The molecule has 8 aromatic carbocycles. The molecular formula is C50H30N4OS.